The average Bonchev–Trinajstić information content (AvgIpc) is 2.66. The van der Waals surface area contributed by atoms with Crippen LogP contribution in [0.2, 0.25) is 0 Å². The van der Waals surface area contributed by atoms with Crippen molar-refractivity contribution < 1.29 is 4.79 Å². The number of hydrogen-bond donors (Lipinski definition) is 1. The first-order valence-electron chi connectivity index (χ1n) is 4.12. The van der Waals surface area contributed by atoms with Crippen LogP contribution in [0, 0.1) is 5.41 Å². The minimum Gasteiger partial charge on any atom is -0.330 e. The van der Waals surface area contributed by atoms with Gasteiger partial charge in [0.1, 0.15) is 0 Å². The zero-order chi connectivity index (χ0) is 8.06. The summed E-state index contributed by atoms with van der Waals surface area (Å²) in [7, 11) is 0. The van der Waals surface area contributed by atoms with Crippen molar-refractivity contribution in [2.24, 2.45) is 5.41 Å². The average molecular weight is 151 g/mol. The fourth-order valence-corrected chi connectivity index (χ4v) is 1.68. The van der Waals surface area contributed by atoms with E-state index in [2.05, 4.69) is 12.2 Å². The number of nitrogens with one attached hydrogen (secondary N) is 1. The normalized spacial score (nSPS) is 27.3. The lowest BCUT2D eigenvalue weighted by Gasteiger charge is -2.23. The van der Waals surface area contributed by atoms with E-state index in [4.69, 9.17) is 0 Å². The number of carbonyl (C=O) groups excluding carboxylic acids is 1. The molecule has 0 radical (unpaired) electrons. The zero-order valence-electron chi connectivity index (χ0n) is 7.03. The van der Waals surface area contributed by atoms with Gasteiger partial charge in [-0.1, -0.05) is 5.57 Å². The molecule has 2 nitrogen and oxygen atoms in total. The molecule has 0 atom stereocenters. The van der Waals surface area contributed by atoms with Crippen molar-refractivity contribution in [3.8, 4) is 0 Å². The van der Waals surface area contributed by atoms with Crippen molar-refractivity contribution >= 4 is 5.91 Å². The number of carbonyl (C=O) groups is 1. The molecule has 0 aromatic carbocycles. The van der Waals surface area contributed by atoms with Gasteiger partial charge >= 0.3 is 0 Å². The highest BCUT2D eigenvalue weighted by Crippen LogP contribution is 2.52. The molecule has 2 aliphatic rings. The third-order valence-electron chi connectivity index (χ3n) is 2.88. The molecule has 0 unspecified atom stereocenters. The van der Waals surface area contributed by atoms with Gasteiger partial charge in [0.25, 0.3) is 0 Å². The van der Waals surface area contributed by atoms with Crippen molar-refractivity contribution in [2.45, 2.75) is 33.1 Å². The first-order chi connectivity index (χ1) is 5.14. The predicted molar refractivity (Wildman–Crippen MR) is 42.8 cm³/mol. The monoisotopic (exact) mass is 151 g/mol. The lowest BCUT2D eigenvalue weighted by atomic mass is 9.92. The topological polar surface area (TPSA) is 29.1 Å². The van der Waals surface area contributed by atoms with Gasteiger partial charge in [0.2, 0.25) is 5.91 Å². The van der Waals surface area contributed by atoms with Crippen molar-refractivity contribution in [3.05, 3.63) is 11.3 Å². The Bertz CT molecular complexity index is 248. The molecule has 1 spiro atoms. The minimum atomic E-state index is 0.0313. The van der Waals surface area contributed by atoms with E-state index in [0.29, 0.717) is 0 Å². The van der Waals surface area contributed by atoms with Crippen LogP contribution in [0.4, 0.5) is 0 Å². The highest BCUT2D eigenvalue weighted by atomic mass is 16.2. The van der Waals surface area contributed by atoms with E-state index < -0.39 is 0 Å². The SMILES string of the molecule is CC1=C(C)NC(=O)C2(CC2)C1. The summed E-state index contributed by atoms with van der Waals surface area (Å²) in [6.45, 7) is 4.08. The molecule has 1 N–H and O–H groups in total. The van der Waals surface area contributed by atoms with Crippen LogP contribution in [0.25, 0.3) is 0 Å². The second-order valence-electron chi connectivity index (χ2n) is 3.82. The van der Waals surface area contributed by atoms with Crippen LogP contribution in [0.1, 0.15) is 33.1 Å². The number of allylic oxidation sites excluding steroid dienone is 2. The van der Waals surface area contributed by atoms with Crippen LogP contribution in [0.3, 0.4) is 0 Å². The number of hydrogen-bond acceptors (Lipinski definition) is 1. The largest absolute Gasteiger partial charge is 0.330 e. The van der Waals surface area contributed by atoms with Gasteiger partial charge < -0.3 is 5.32 Å². The third kappa shape index (κ3) is 0.889. The molecule has 60 valence electrons. The maximum absolute atomic E-state index is 11.4. The van der Waals surface area contributed by atoms with E-state index in [1.54, 1.807) is 0 Å². The molecule has 1 aliphatic carbocycles. The Kier molecular flexibility index (Phi) is 1.17. The Labute approximate surface area is 66.7 Å². The smallest absolute Gasteiger partial charge is 0.230 e. The van der Waals surface area contributed by atoms with Crippen molar-refractivity contribution in [2.75, 3.05) is 0 Å². The van der Waals surface area contributed by atoms with Crippen molar-refractivity contribution in [1.82, 2.24) is 5.32 Å². The Morgan fingerprint density at radius 3 is 2.55 bits per heavy atom. The van der Waals surface area contributed by atoms with E-state index in [0.717, 1.165) is 25.0 Å². The van der Waals surface area contributed by atoms with Crippen LogP contribution in [0.15, 0.2) is 11.3 Å². The highest BCUT2D eigenvalue weighted by Gasteiger charge is 2.51. The van der Waals surface area contributed by atoms with Crippen LogP contribution < -0.4 is 5.32 Å². The Balaban J connectivity index is 2.29. The Hall–Kier alpha value is -0.790. The van der Waals surface area contributed by atoms with Gasteiger partial charge in [0.15, 0.2) is 0 Å². The van der Waals surface area contributed by atoms with E-state index in [1.807, 2.05) is 6.92 Å². The van der Waals surface area contributed by atoms with Crippen LogP contribution in [0.5, 0.6) is 0 Å². The van der Waals surface area contributed by atoms with Gasteiger partial charge in [-0.2, -0.15) is 0 Å². The lowest BCUT2D eigenvalue weighted by Crippen LogP contribution is -2.35. The molecule has 1 aliphatic heterocycles. The summed E-state index contributed by atoms with van der Waals surface area (Å²) in [5.74, 6) is 0.251. The van der Waals surface area contributed by atoms with Crippen molar-refractivity contribution in [3.63, 3.8) is 0 Å². The summed E-state index contributed by atoms with van der Waals surface area (Å²) in [5.41, 5.74) is 2.44. The standard InChI is InChI=1S/C9H13NO/c1-6-5-9(3-4-9)8(11)10-7(6)2/h3-5H2,1-2H3,(H,10,11). The van der Waals surface area contributed by atoms with E-state index in [9.17, 15) is 4.79 Å². The molecule has 0 aromatic rings. The first kappa shape index (κ1) is 6.89. The third-order valence-corrected chi connectivity index (χ3v) is 2.88. The quantitative estimate of drug-likeness (QED) is 0.559. The summed E-state index contributed by atoms with van der Waals surface area (Å²) in [6, 6.07) is 0. The lowest BCUT2D eigenvalue weighted by molar-refractivity contribution is -0.126. The van der Waals surface area contributed by atoms with Crippen molar-refractivity contribution in [1.29, 1.82) is 0 Å². The molecule has 11 heavy (non-hydrogen) atoms. The zero-order valence-corrected chi connectivity index (χ0v) is 7.03. The van der Waals surface area contributed by atoms with Crippen LogP contribution >= 0.6 is 0 Å². The number of rotatable bonds is 0. The molecule has 0 aromatic heterocycles. The molecule has 2 heteroatoms. The summed E-state index contributed by atoms with van der Waals surface area (Å²) in [5, 5.41) is 2.92. The molecular formula is C9H13NO. The molecule has 1 saturated carbocycles. The predicted octanol–water partition coefficient (Wildman–Crippen LogP) is 1.58. The van der Waals surface area contributed by atoms with Gasteiger partial charge in [-0.15, -0.1) is 0 Å². The second kappa shape index (κ2) is 1.87. The summed E-state index contributed by atoms with van der Waals surface area (Å²) < 4.78 is 0. The van der Waals surface area contributed by atoms with E-state index >= 15 is 0 Å². The molecule has 1 amide bonds. The Morgan fingerprint density at radius 2 is 2.00 bits per heavy atom. The molecule has 2 rings (SSSR count). The van der Waals surface area contributed by atoms with Gasteiger partial charge in [-0.05, 0) is 33.1 Å². The van der Waals surface area contributed by atoms with E-state index in [1.165, 1.54) is 5.57 Å². The highest BCUT2D eigenvalue weighted by molar-refractivity contribution is 5.88. The van der Waals surface area contributed by atoms with Gasteiger partial charge in [-0.25, -0.2) is 0 Å². The fraction of sp³-hybridized carbons (Fsp3) is 0.667. The number of amides is 1. The second-order valence-corrected chi connectivity index (χ2v) is 3.82. The first-order valence-corrected chi connectivity index (χ1v) is 4.12. The maximum atomic E-state index is 11.4. The minimum absolute atomic E-state index is 0.0313. The summed E-state index contributed by atoms with van der Waals surface area (Å²) in [4.78, 5) is 11.4. The molecule has 0 bridgehead atoms. The molecule has 1 fully saturated rings. The van der Waals surface area contributed by atoms with Crippen LogP contribution in [-0.2, 0) is 4.79 Å². The summed E-state index contributed by atoms with van der Waals surface area (Å²) in [6.07, 6.45) is 3.16. The molecule has 1 heterocycles. The Morgan fingerprint density at radius 1 is 1.36 bits per heavy atom. The van der Waals surface area contributed by atoms with Gasteiger partial charge in [0.05, 0.1) is 5.41 Å². The molecule has 0 saturated heterocycles. The summed E-state index contributed by atoms with van der Waals surface area (Å²) >= 11 is 0. The fourth-order valence-electron chi connectivity index (χ4n) is 1.68. The van der Waals surface area contributed by atoms with E-state index in [-0.39, 0.29) is 11.3 Å². The molecular weight excluding hydrogens is 138 g/mol. The maximum Gasteiger partial charge on any atom is 0.230 e. The van der Waals surface area contributed by atoms with Gasteiger partial charge in [-0.3, -0.25) is 4.79 Å². The van der Waals surface area contributed by atoms with Gasteiger partial charge in [0, 0.05) is 5.70 Å². The van der Waals surface area contributed by atoms with Crippen LogP contribution in [-0.4, -0.2) is 5.91 Å².